The first-order valence-electron chi connectivity index (χ1n) is 6.26. The third-order valence-corrected chi connectivity index (χ3v) is 3.87. The molecule has 1 aromatic heterocycles. The highest BCUT2D eigenvalue weighted by Gasteiger charge is 2.16. The van der Waals surface area contributed by atoms with Gasteiger partial charge in [-0.3, -0.25) is 4.79 Å². The number of hydrogen-bond acceptors (Lipinski definition) is 4. The maximum Gasteiger partial charge on any atom is 0.335 e. The van der Waals surface area contributed by atoms with Gasteiger partial charge in [0.2, 0.25) is 11.2 Å². The molecule has 0 radical (unpaired) electrons. The van der Waals surface area contributed by atoms with Crippen molar-refractivity contribution in [2.45, 2.75) is 0 Å². The van der Waals surface area contributed by atoms with E-state index in [1.54, 1.807) is 18.2 Å². The molecular weight excluding hydrogens is 399 g/mol. The first-order valence-corrected chi connectivity index (χ1v) is 7.34. The SMILES string of the molecule is O=C(O)c1ccc2oc(-c3cccc(I)c3)c(O)c(=O)c2c1. The van der Waals surface area contributed by atoms with Gasteiger partial charge in [-0.2, -0.15) is 0 Å². The van der Waals surface area contributed by atoms with Crippen molar-refractivity contribution in [2.75, 3.05) is 0 Å². The summed E-state index contributed by atoms with van der Waals surface area (Å²) in [7, 11) is 0. The summed E-state index contributed by atoms with van der Waals surface area (Å²) in [4.78, 5) is 23.2. The van der Waals surface area contributed by atoms with Gasteiger partial charge in [0, 0.05) is 9.13 Å². The Morgan fingerprint density at radius 1 is 1.14 bits per heavy atom. The van der Waals surface area contributed by atoms with Crippen LogP contribution in [-0.2, 0) is 0 Å². The second-order valence-corrected chi connectivity index (χ2v) is 5.88. The number of aromatic hydroxyl groups is 1. The molecule has 0 saturated carbocycles. The molecular formula is C16H9IO5. The van der Waals surface area contributed by atoms with Crippen LogP contribution in [0.3, 0.4) is 0 Å². The fourth-order valence-electron chi connectivity index (χ4n) is 2.14. The summed E-state index contributed by atoms with van der Waals surface area (Å²) >= 11 is 2.12. The molecule has 0 unspecified atom stereocenters. The molecule has 0 aliphatic rings. The molecule has 0 aliphatic carbocycles. The van der Waals surface area contributed by atoms with Crippen molar-refractivity contribution < 1.29 is 19.4 Å². The Balaban J connectivity index is 2.31. The van der Waals surface area contributed by atoms with Crippen molar-refractivity contribution >= 4 is 39.5 Å². The van der Waals surface area contributed by atoms with Crippen LogP contribution in [0.15, 0.2) is 51.7 Å². The zero-order chi connectivity index (χ0) is 15.9. The van der Waals surface area contributed by atoms with Gasteiger partial charge in [-0.25, -0.2) is 4.79 Å². The Kier molecular flexibility index (Phi) is 3.61. The zero-order valence-corrected chi connectivity index (χ0v) is 13.2. The van der Waals surface area contributed by atoms with Gasteiger partial charge < -0.3 is 14.6 Å². The Hall–Kier alpha value is -2.35. The monoisotopic (exact) mass is 408 g/mol. The second-order valence-electron chi connectivity index (χ2n) is 4.64. The highest BCUT2D eigenvalue weighted by Crippen LogP contribution is 2.30. The van der Waals surface area contributed by atoms with Crippen LogP contribution in [0.1, 0.15) is 10.4 Å². The third kappa shape index (κ3) is 2.45. The van der Waals surface area contributed by atoms with E-state index in [9.17, 15) is 14.7 Å². The van der Waals surface area contributed by atoms with Gasteiger partial charge in [0.25, 0.3) is 0 Å². The topological polar surface area (TPSA) is 87.7 Å². The van der Waals surface area contributed by atoms with Crippen molar-refractivity contribution in [2.24, 2.45) is 0 Å². The summed E-state index contributed by atoms with van der Waals surface area (Å²) in [6.07, 6.45) is 0. The minimum absolute atomic E-state index is 0.0341. The lowest BCUT2D eigenvalue weighted by Gasteiger charge is -2.07. The normalized spacial score (nSPS) is 10.8. The van der Waals surface area contributed by atoms with Crippen molar-refractivity contribution in [3.05, 3.63) is 61.8 Å². The average Bonchev–Trinajstić information content (AvgIpc) is 2.50. The first kappa shape index (κ1) is 14.6. The van der Waals surface area contributed by atoms with E-state index >= 15 is 0 Å². The van der Waals surface area contributed by atoms with Gasteiger partial charge in [0.15, 0.2) is 5.76 Å². The van der Waals surface area contributed by atoms with E-state index in [-0.39, 0.29) is 22.3 Å². The van der Waals surface area contributed by atoms with Gasteiger partial charge in [0.1, 0.15) is 5.58 Å². The number of aromatic carboxylic acids is 1. The highest BCUT2D eigenvalue weighted by molar-refractivity contribution is 14.1. The van der Waals surface area contributed by atoms with E-state index in [0.717, 1.165) is 3.57 Å². The third-order valence-electron chi connectivity index (χ3n) is 3.20. The lowest BCUT2D eigenvalue weighted by atomic mass is 10.1. The number of fused-ring (bicyclic) bond motifs is 1. The number of benzene rings is 2. The maximum absolute atomic E-state index is 12.3. The van der Waals surface area contributed by atoms with Crippen LogP contribution < -0.4 is 5.43 Å². The Morgan fingerprint density at radius 3 is 2.59 bits per heavy atom. The van der Waals surface area contributed by atoms with Gasteiger partial charge in [-0.1, -0.05) is 12.1 Å². The fraction of sp³-hybridized carbons (Fsp3) is 0. The fourth-order valence-corrected chi connectivity index (χ4v) is 2.69. The van der Waals surface area contributed by atoms with E-state index in [2.05, 4.69) is 22.6 Å². The van der Waals surface area contributed by atoms with E-state index in [0.29, 0.717) is 5.56 Å². The molecule has 6 heteroatoms. The number of hydrogen-bond donors (Lipinski definition) is 2. The molecule has 3 rings (SSSR count). The van der Waals surface area contributed by atoms with Crippen LogP contribution in [0.5, 0.6) is 5.75 Å². The molecule has 0 spiro atoms. The summed E-state index contributed by atoms with van der Waals surface area (Å²) in [6.45, 7) is 0. The summed E-state index contributed by atoms with van der Waals surface area (Å²) in [5.74, 6) is -1.61. The second kappa shape index (κ2) is 5.45. The first-order chi connectivity index (χ1) is 10.5. The van der Waals surface area contributed by atoms with E-state index in [1.165, 1.54) is 18.2 Å². The minimum Gasteiger partial charge on any atom is -0.502 e. The van der Waals surface area contributed by atoms with Crippen LogP contribution >= 0.6 is 22.6 Å². The molecule has 0 fully saturated rings. The summed E-state index contributed by atoms with van der Waals surface area (Å²) < 4.78 is 6.53. The number of carboxylic acid groups (broad SMARTS) is 1. The standard InChI is InChI=1S/C16H9IO5/c17-10-3-1-2-8(6-10)15-14(19)13(18)11-7-9(16(20)21)4-5-12(11)22-15/h1-7,19H,(H,20,21). The molecule has 5 nitrogen and oxygen atoms in total. The molecule has 2 N–H and O–H groups in total. The lowest BCUT2D eigenvalue weighted by Crippen LogP contribution is -2.05. The largest absolute Gasteiger partial charge is 0.502 e. The molecule has 3 aromatic rings. The summed E-state index contributed by atoms with van der Waals surface area (Å²) in [6, 6.07) is 11.1. The van der Waals surface area contributed by atoms with Gasteiger partial charge >= 0.3 is 5.97 Å². The predicted molar refractivity (Wildman–Crippen MR) is 89.3 cm³/mol. The molecule has 1 heterocycles. The van der Waals surface area contributed by atoms with Crippen molar-refractivity contribution in [3.63, 3.8) is 0 Å². The van der Waals surface area contributed by atoms with E-state index in [4.69, 9.17) is 9.52 Å². The molecule has 0 amide bonds. The Bertz CT molecular complexity index is 958. The highest BCUT2D eigenvalue weighted by atomic mass is 127. The van der Waals surface area contributed by atoms with E-state index in [1.807, 2.05) is 6.07 Å². The molecule has 22 heavy (non-hydrogen) atoms. The number of carboxylic acids is 1. The van der Waals surface area contributed by atoms with Crippen LogP contribution in [0.4, 0.5) is 0 Å². The molecule has 0 atom stereocenters. The smallest absolute Gasteiger partial charge is 0.335 e. The van der Waals surface area contributed by atoms with Gasteiger partial charge in [-0.05, 0) is 52.9 Å². The number of rotatable bonds is 2. The summed E-state index contributed by atoms with van der Waals surface area (Å²) in [5.41, 5.74) is 0.104. The predicted octanol–water partition coefficient (Wildman–Crippen LogP) is 3.47. The van der Waals surface area contributed by atoms with Crippen molar-refractivity contribution in [1.29, 1.82) is 0 Å². The van der Waals surface area contributed by atoms with Crippen LogP contribution in [0, 0.1) is 3.57 Å². The maximum atomic E-state index is 12.3. The molecule has 0 bridgehead atoms. The van der Waals surface area contributed by atoms with Crippen LogP contribution in [0.2, 0.25) is 0 Å². The Morgan fingerprint density at radius 2 is 1.91 bits per heavy atom. The van der Waals surface area contributed by atoms with Crippen molar-refractivity contribution in [1.82, 2.24) is 0 Å². The molecule has 2 aromatic carbocycles. The van der Waals surface area contributed by atoms with Crippen molar-refractivity contribution in [3.8, 4) is 17.1 Å². The lowest BCUT2D eigenvalue weighted by molar-refractivity contribution is 0.0697. The van der Waals surface area contributed by atoms with E-state index < -0.39 is 17.1 Å². The summed E-state index contributed by atoms with van der Waals surface area (Å²) in [5, 5.41) is 19.1. The quantitative estimate of drug-likeness (QED) is 0.635. The van der Waals surface area contributed by atoms with Crippen LogP contribution in [-0.4, -0.2) is 16.2 Å². The van der Waals surface area contributed by atoms with Gasteiger partial charge in [-0.15, -0.1) is 0 Å². The average molecular weight is 408 g/mol. The molecule has 110 valence electrons. The number of carbonyl (C=O) groups is 1. The molecule has 0 aliphatic heterocycles. The molecule has 0 saturated heterocycles. The Labute approximate surface area is 138 Å². The zero-order valence-electron chi connectivity index (χ0n) is 11.0. The minimum atomic E-state index is -1.15. The van der Waals surface area contributed by atoms with Gasteiger partial charge in [0.05, 0.1) is 10.9 Å². The van der Waals surface area contributed by atoms with Crippen LogP contribution in [0.25, 0.3) is 22.3 Å². The number of halogens is 1.